The van der Waals surface area contributed by atoms with Gasteiger partial charge in [0.15, 0.2) is 0 Å². The number of thioether (sulfide) groups is 1. The molecule has 142 valence electrons. The lowest BCUT2D eigenvalue weighted by molar-refractivity contribution is -0.122. The SMILES string of the molecule is CCN1C(=O)S/C(=C/c2c(C)n(Cc3ccc(Cl)cc3)c3ccccc23)C1=O. The van der Waals surface area contributed by atoms with E-state index in [0.29, 0.717) is 23.0 Å². The van der Waals surface area contributed by atoms with Crippen LogP contribution in [0.25, 0.3) is 17.0 Å². The predicted molar refractivity (Wildman–Crippen MR) is 116 cm³/mol. The number of aromatic nitrogens is 1. The van der Waals surface area contributed by atoms with Crippen LogP contribution >= 0.6 is 23.4 Å². The molecule has 1 saturated heterocycles. The van der Waals surface area contributed by atoms with E-state index < -0.39 is 0 Å². The number of hydrogen-bond donors (Lipinski definition) is 0. The number of rotatable bonds is 4. The second-order valence-electron chi connectivity index (χ2n) is 6.65. The Morgan fingerprint density at radius 1 is 1.07 bits per heavy atom. The van der Waals surface area contributed by atoms with E-state index in [1.165, 1.54) is 4.90 Å². The largest absolute Gasteiger partial charge is 0.340 e. The van der Waals surface area contributed by atoms with E-state index >= 15 is 0 Å². The maximum absolute atomic E-state index is 12.5. The Hall–Kier alpha value is -2.50. The number of fused-ring (bicyclic) bond motifs is 1. The highest BCUT2D eigenvalue weighted by Crippen LogP contribution is 2.35. The molecule has 1 aliphatic heterocycles. The van der Waals surface area contributed by atoms with E-state index in [1.54, 1.807) is 0 Å². The number of carbonyl (C=O) groups is 2. The Kier molecular flexibility index (Phi) is 5.04. The van der Waals surface area contributed by atoms with Gasteiger partial charge < -0.3 is 4.57 Å². The van der Waals surface area contributed by atoms with E-state index in [1.807, 2.05) is 56.3 Å². The van der Waals surface area contributed by atoms with Gasteiger partial charge in [-0.2, -0.15) is 0 Å². The molecule has 0 saturated carbocycles. The van der Waals surface area contributed by atoms with Crippen molar-refractivity contribution in [2.75, 3.05) is 6.54 Å². The third-order valence-electron chi connectivity index (χ3n) is 5.00. The van der Waals surface area contributed by atoms with Crippen LogP contribution in [0.15, 0.2) is 53.4 Å². The van der Waals surface area contributed by atoms with Gasteiger partial charge in [-0.25, -0.2) is 0 Å². The Morgan fingerprint density at radius 3 is 2.46 bits per heavy atom. The van der Waals surface area contributed by atoms with Crippen molar-refractivity contribution in [3.05, 3.63) is 75.3 Å². The monoisotopic (exact) mass is 410 g/mol. The minimum absolute atomic E-state index is 0.207. The molecule has 6 heteroatoms. The van der Waals surface area contributed by atoms with E-state index in [0.717, 1.165) is 39.5 Å². The first kappa shape index (κ1) is 18.8. The fraction of sp³-hybridized carbons (Fsp3) is 0.182. The Bertz CT molecular complexity index is 1120. The third kappa shape index (κ3) is 3.25. The van der Waals surface area contributed by atoms with Crippen molar-refractivity contribution in [3.8, 4) is 0 Å². The van der Waals surface area contributed by atoms with Gasteiger partial charge in [-0.15, -0.1) is 0 Å². The summed E-state index contributed by atoms with van der Waals surface area (Å²) in [4.78, 5) is 26.3. The van der Waals surface area contributed by atoms with Gasteiger partial charge in [0, 0.05) is 40.3 Å². The molecule has 2 amide bonds. The summed E-state index contributed by atoms with van der Waals surface area (Å²) in [5, 5.41) is 1.57. The summed E-state index contributed by atoms with van der Waals surface area (Å²) >= 11 is 7.02. The fourth-order valence-electron chi connectivity index (χ4n) is 3.52. The second kappa shape index (κ2) is 7.49. The molecule has 0 bridgehead atoms. The molecule has 4 nitrogen and oxygen atoms in total. The van der Waals surface area contributed by atoms with Crippen molar-refractivity contribution in [2.45, 2.75) is 20.4 Å². The molecular formula is C22H19ClN2O2S. The van der Waals surface area contributed by atoms with Gasteiger partial charge in [0.25, 0.3) is 11.1 Å². The molecule has 0 atom stereocenters. The van der Waals surface area contributed by atoms with Crippen molar-refractivity contribution in [1.29, 1.82) is 0 Å². The number of likely N-dealkylation sites (N-methyl/N-ethyl adjacent to an activating group) is 1. The first-order valence-electron chi connectivity index (χ1n) is 9.07. The molecule has 28 heavy (non-hydrogen) atoms. The van der Waals surface area contributed by atoms with Crippen LogP contribution in [0.2, 0.25) is 5.02 Å². The average Bonchev–Trinajstić information content (AvgIpc) is 3.11. The summed E-state index contributed by atoms with van der Waals surface area (Å²) in [6.07, 6.45) is 1.86. The lowest BCUT2D eigenvalue weighted by atomic mass is 10.1. The predicted octanol–water partition coefficient (Wildman–Crippen LogP) is 5.71. The number of halogens is 1. The molecular weight excluding hydrogens is 392 g/mol. The topological polar surface area (TPSA) is 42.3 Å². The Balaban J connectivity index is 1.81. The second-order valence-corrected chi connectivity index (χ2v) is 8.08. The minimum atomic E-state index is -0.216. The normalized spacial score (nSPS) is 16.0. The van der Waals surface area contributed by atoms with Crippen LogP contribution in [0.4, 0.5) is 4.79 Å². The smallest absolute Gasteiger partial charge is 0.293 e. The van der Waals surface area contributed by atoms with Crippen LogP contribution in [0.3, 0.4) is 0 Å². The standard InChI is InChI=1S/C22H19ClN2O2S/c1-3-24-21(26)20(28-22(24)27)12-18-14(2)25(19-7-5-4-6-17(18)19)13-15-8-10-16(23)11-9-15/h4-12H,3,13H2,1-2H3/b20-12+. The Morgan fingerprint density at radius 2 is 1.79 bits per heavy atom. The van der Waals surface area contributed by atoms with Crippen molar-refractivity contribution in [1.82, 2.24) is 9.47 Å². The molecule has 1 aliphatic rings. The lowest BCUT2D eigenvalue weighted by Gasteiger charge is -2.09. The number of imide groups is 1. The van der Waals surface area contributed by atoms with Gasteiger partial charge >= 0.3 is 0 Å². The molecule has 1 fully saturated rings. The van der Waals surface area contributed by atoms with Crippen LogP contribution < -0.4 is 0 Å². The lowest BCUT2D eigenvalue weighted by Crippen LogP contribution is -2.27. The van der Waals surface area contributed by atoms with Crippen LogP contribution in [-0.4, -0.2) is 27.2 Å². The summed E-state index contributed by atoms with van der Waals surface area (Å²) in [6, 6.07) is 15.9. The molecule has 0 N–H and O–H groups in total. The molecule has 0 aliphatic carbocycles. The average molecular weight is 411 g/mol. The van der Waals surface area contributed by atoms with Crippen molar-refractivity contribution >= 4 is 51.5 Å². The van der Waals surface area contributed by atoms with Crippen LogP contribution in [-0.2, 0) is 11.3 Å². The number of nitrogens with zero attached hydrogens (tertiary/aromatic N) is 2. The highest BCUT2D eigenvalue weighted by atomic mass is 35.5. The van der Waals surface area contributed by atoms with E-state index in [2.05, 4.69) is 16.7 Å². The number of carbonyl (C=O) groups excluding carboxylic acids is 2. The number of hydrogen-bond acceptors (Lipinski definition) is 3. The first-order valence-corrected chi connectivity index (χ1v) is 10.3. The zero-order valence-electron chi connectivity index (χ0n) is 15.6. The number of amides is 2. The van der Waals surface area contributed by atoms with Crippen LogP contribution in [0.5, 0.6) is 0 Å². The molecule has 2 aromatic carbocycles. The highest BCUT2D eigenvalue weighted by molar-refractivity contribution is 8.18. The van der Waals surface area contributed by atoms with Crippen molar-refractivity contribution in [3.63, 3.8) is 0 Å². The molecule has 1 aromatic heterocycles. The third-order valence-corrected chi connectivity index (χ3v) is 6.16. The molecule has 3 aromatic rings. The molecule has 0 spiro atoms. The van der Waals surface area contributed by atoms with Crippen LogP contribution in [0, 0.1) is 6.92 Å². The van der Waals surface area contributed by atoms with Gasteiger partial charge in [-0.05, 0) is 55.4 Å². The zero-order chi connectivity index (χ0) is 19.8. The zero-order valence-corrected chi connectivity index (χ0v) is 17.2. The summed E-state index contributed by atoms with van der Waals surface area (Å²) in [6.45, 7) is 4.95. The molecule has 2 heterocycles. The minimum Gasteiger partial charge on any atom is -0.340 e. The molecule has 0 radical (unpaired) electrons. The van der Waals surface area contributed by atoms with Gasteiger partial charge in [-0.1, -0.05) is 41.9 Å². The maximum atomic E-state index is 12.5. The summed E-state index contributed by atoms with van der Waals surface area (Å²) in [5.74, 6) is -0.216. The summed E-state index contributed by atoms with van der Waals surface area (Å²) < 4.78 is 2.23. The van der Waals surface area contributed by atoms with Crippen molar-refractivity contribution in [2.24, 2.45) is 0 Å². The maximum Gasteiger partial charge on any atom is 0.293 e. The highest BCUT2D eigenvalue weighted by Gasteiger charge is 2.34. The first-order chi connectivity index (χ1) is 13.5. The van der Waals surface area contributed by atoms with Gasteiger partial charge in [0.2, 0.25) is 0 Å². The summed E-state index contributed by atoms with van der Waals surface area (Å²) in [7, 11) is 0. The fourth-order valence-corrected chi connectivity index (χ4v) is 4.53. The quantitative estimate of drug-likeness (QED) is 0.517. The molecule has 0 unspecified atom stereocenters. The molecule has 4 rings (SSSR count). The Labute approximate surface area is 172 Å². The van der Waals surface area contributed by atoms with E-state index in [-0.39, 0.29) is 11.1 Å². The van der Waals surface area contributed by atoms with Crippen LogP contribution in [0.1, 0.15) is 23.7 Å². The summed E-state index contributed by atoms with van der Waals surface area (Å²) in [5.41, 5.74) is 4.27. The van der Waals surface area contributed by atoms with Gasteiger partial charge in [-0.3, -0.25) is 14.5 Å². The van der Waals surface area contributed by atoms with Gasteiger partial charge in [0.1, 0.15) is 0 Å². The number of benzene rings is 2. The van der Waals surface area contributed by atoms with E-state index in [9.17, 15) is 9.59 Å². The van der Waals surface area contributed by atoms with Crippen molar-refractivity contribution < 1.29 is 9.59 Å². The van der Waals surface area contributed by atoms with Gasteiger partial charge in [0.05, 0.1) is 4.91 Å². The number of para-hydroxylation sites is 1. The van der Waals surface area contributed by atoms with E-state index in [4.69, 9.17) is 11.6 Å².